The van der Waals surface area contributed by atoms with Gasteiger partial charge in [-0.2, -0.15) is 4.31 Å². The Balaban J connectivity index is 2.14. The van der Waals surface area contributed by atoms with E-state index in [9.17, 15) is 8.42 Å². The lowest BCUT2D eigenvalue weighted by atomic mass is 10.3. The topological polar surface area (TPSA) is 85.5 Å². The van der Waals surface area contributed by atoms with E-state index in [2.05, 4.69) is 14.7 Å². The van der Waals surface area contributed by atoms with Crippen molar-refractivity contribution in [2.24, 2.45) is 0 Å². The molecule has 0 N–H and O–H groups in total. The van der Waals surface area contributed by atoms with Crippen LogP contribution in [0.4, 0.5) is 0 Å². The maximum Gasteiger partial charge on any atom is 0.220 e. The third-order valence-electron chi connectivity index (χ3n) is 2.84. The largest absolute Gasteiger partial charge is 0.383 e. The van der Waals surface area contributed by atoms with Crippen molar-refractivity contribution < 1.29 is 17.7 Å². The maximum atomic E-state index is 12.5. The monoisotopic (exact) mass is 311 g/mol. The Morgan fingerprint density at radius 1 is 1.38 bits per heavy atom. The number of methoxy groups -OCH3 is 1. The van der Waals surface area contributed by atoms with Crippen LogP contribution in [0, 0.1) is 0 Å². The summed E-state index contributed by atoms with van der Waals surface area (Å²) in [7, 11) is -1.98. The average molecular weight is 311 g/mol. The van der Waals surface area contributed by atoms with Crippen molar-refractivity contribution in [2.75, 3.05) is 20.3 Å². The molecule has 2 aromatic rings. The first kappa shape index (κ1) is 15.6. The van der Waals surface area contributed by atoms with Crippen molar-refractivity contribution in [3.05, 3.63) is 48.1 Å². The van der Waals surface area contributed by atoms with E-state index < -0.39 is 10.0 Å². The van der Waals surface area contributed by atoms with Gasteiger partial charge >= 0.3 is 0 Å². The molecule has 0 unspecified atom stereocenters. The molecule has 0 aromatic carbocycles. The predicted molar refractivity (Wildman–Crippen MR) is 75.6 cm³/mol. The first-order valence-corrected chi connectivity index (χ1v) is 7.97. The van der Waals surface area contributed by atoms with Crippen LogP contribution in [-0.4, -0.2) is 43.1 Å². The Labute approximate surface area is 123 Å². The van der Waals surface area contributed by atoms with E-state index >= 15 is 0 Å². The molecule has 0 aliphatic rings. The molecule has 0 spiro atoms. The number of ether oxygens (including phenoxy) is 1. The summed E-state index contributed by atoms with van der Waals surface area (Å²) in [5.74, 6) is -0.201. The van der Waals surface area contributed by atoms with Crippen LogP contribution in [0.3, 0.4) is 0 Å². The van der Waals surface area contributed by atoms with Gasteiger partial charge in [-0.15, -0.1) is 0 Å². The molecule has 8 heteroatoms. The summed E-state index contributed by atoms with van der Waals surface area (Å²) in [6.07, 6.45) is 4.64. The highest BCUT2D eigenvalue weighted by Crippen LogP contribution is 2.13. The minimum Gasteiger partial charge on any atom is -0.383 e. The fraction of sp³-hybridized carbons (Fsp3) is 0.385. The molecule has 0 saturated carbocycles. The van der Waals surface area contributed by atoms with Crippen molar-refractivity contribution in [1.29, 1.82) is 0 Å². The Hall–Kier alpha value is -1.77. The molecule has 0 saturated heterocycles. The van der Waals surface area contributed by atoms with Gasteiger partial charge in [0.1, 0.15) is 12.0 Å². The number of hydrogen-bond acceptors (Lipinski definition) is 6. The van der Waals surface area contributed by atoms with Gasteiger partial charge < -0.3 is 9.26 Å². The van der Waals surface area contributed by atoms with Gasteiger partial charge in [-0.25, -0.2) is 8.42 Å². The Bertz CT molecular complexity index is 629. The number of sulfonamides is 1. The smallest absolute Gasteiger partial charge is 0.220 e. The number of pyridine rings is 1. The van der Waals surface area contributed by atoms with Gasteiger partial charge in [-0.3, -0.25) is 4.98 Å². The molecule has 7 nitrogen and oxygen atoms in total. The molecule has 0 aliphatic carbocycles. The zero-order chi connectivity index (χ0) is 15.1. The fourth-order valence-corrected chi connectivity index (χ4v) is 3.20. The zero-order valence-corrected chi connectivity index (χ0v) is 12.5. The van der Waals surface area contributed by atoms with Gasteiger partial charge in [0.25, 0.3) is 0 Å². The van der Waals surface area contributed by atoms with Crippen LogP contribution in [0.15, 0.2) is 41.4 Å². The molecule has 0 fully saturated rings. The van der Waals surface area contributed by atoms with E-state index in [0.717, 1.165) is 5.56 Å². The molecule has 2 heterocycles. The van der Waals surface area contributed by atoms with Gasteiger partial charge in [-0.05, 0) is 11.6 Å². The lowest BCUT2D eigenvalue weighted by Crippen LogP contribution is -2.34. The molecule has 2 aromatic heterocycles. The van der Waals surface area contributed by atoms with Crippen molar-refractivity contribution >= 4 is 10.0 Å². The van der Waals surface area contributed by atoms with E-state index in [1.165, 1.54) is 23.7 Å². The summed E-state index contributed by atoms with van der Waals surface area (Å²) >= 11 is 0. The molecule has 0 atom stereocenters. The number of hydrogen-bond donors (Lipinski definition) is 0. The summed E-state index contributed by atoms with van der Waals surface area (Å²) in [6.45, 7) is 0.835. The molecule has 21 heavy (non-hydrogen) atoms. The van der Waals surface area contributed by atoms with Gasteiger partial charge in [0.05, 0.1) is 12.3 Å². The molecule has 0 amide bonds. The highest BCUT2D eigenvalue weighted by Gasteiger charge is 2.23. The molecule has 114 valence electrons. The van der Waals surface area contributed by atoms with Crippen LogP contribution in [-0.2, 0) is 27.1 Å². The highest BCUT2D eigenvalue weighted by atomic mass is 32.2. The summed E-state index contributed by atoms with van der Waals surface area (Å²) in [6, 6.07) is 5.14. The average Bonchev–Trinajstić information content (AvgIpc) is 2.96. The van der Waals surface area contributed by atoms with Gasteiger partial charge in [0.2, 0.25) is 10.0 Å². The predicted octanol–water partition coefficient (Wildman–Crippen LogP) is 1.05. The van der Waals surface area contributed by atoms with Crippen LogP contribution in [0.25, 0.3) is 0 Å². The second-order valence-electron chi connectivity index (χ2n) is 4.43. The standard InChI is InChI=1S/C13H17N3O4S/c1-19-8-6-16(10-12-3-2-5-14-9-12)21(17,18)11-13-4-7-20-15-13/h2-5,7,9H,6,8,10-11H2,1H3. The Morgan fingerprint density at radius 2 is 2.24 bits per heavy atom. The van der Waals surface area contributed by atoms with Crippen LogP contribution in [0.2, 0.25) is 0 Å². The summed E-state index contributed by atoms with van der Waals surface area (Å²) < 4.78 is 36.0. The molecular weight excluding hydrogens is 294 g/mol. The number of nitrogens with zero attached hydrogens (tertiary/aromatic N) is 3. The first-order chi connectivity index (χ1) is 10.1. The maximum absolute atomic E-state index is 12.5. The number of aromatic nitrogens is 2. The molecule has 0 radical (unpaired) electrons. The lowest BCUT2D eigenvalue weighted by molar-refractivity contribution is 0.177. The molecule has 0 bridgehead atoms. The van der Waals surface area contributed by atoms with Crippen molar-refractivity contribution in [3.8, 4) is 0 Å². The summed E-state index contributed by atoms with van der Waals surface area (Å²) in [5.41, 5.74) is 1.20. The second-order valence-corrected chi connectivity index (χ2v) is 6.40. The normalized spacial score (nSPS) is 11.9. The Morgan fingerprint density at radius 3 is 2.86 bits per heavy atom. The number of rotatable bonds is 8. The molecular formula is C13H17N3O4S. The third-order valence-corrected chi connectivity index (χ3v) is 4.60. The lowest BCUT2D eigenvalue weighted by Gasteiger charge is -2.21. The van der Waals surface area contributed by atoms with Crippen LogP contribution < -0.4 is 0 Å². The van der Waals surface area contributed by atoms with Gasteiger partial charge in [-0.1, -0.05) is 11.2 Å². The van der Waals surface area contributed by atoms with Crippen LogP contribution >= 0.6 is 0 Å². The Kier molecular flexibility index (Phi) is 5.43. The third kappa shape index (κ3) is 4.62. The van der Waals surface area contributed by atoms with Crippen molar-refractivity contribution in [1.82, 2.24) is 14.4 Å². The highest BCUT2D eigenvalue weighted by molar-refractivity contribution is 7.88. The van der Waals surface area contributed by atoms with E-state index in [-0.39, 0.29) is 18.8 Å². The van der Waals surface area contributed by atoms with Gasteiger partial charge in [0, 0.05) is 38.7 Å². The summed E-state index contributed by atoms with van der Waals surface area (Å²) in [5, 5.41) is 3.65. The quantitative estimate of drug-likeness (QED) is 0.724. The SMILES string of the molecule is COCCN(Cc1cccnc1)S(=O)(=O)Cc1ccon1. The van der Waals surface area contributed by atoms with E-state index in [1.807, 2.05) is 6.07 Å². The molecule has 2 rings (SSSR count). The fourth-order valence-electron chi connectivity index (χ4n) is 1.80. The van der Waals surface area contributed by atoms with Crippen molar-refractivity contribution in [2.45, 2.75) is 12.3 Å². The first-order valence-electron chi connectivity index (χ1n) is 6.37. The van der Waals surface area contributed by atoms with Crippen molar-refractivity contribution in [3.63, 3.8) is 0 Å². The van der Waals surface area contributed by atoms with E-state index in [0.29, 0.717) is 12.3 Å². The van der Waals surface area contributed by atoms with Gasteiger partial charge in [0.15, 0.2) is 0 Å². The zero-order valence-electron chi connectivity index (χ0n) is 11.7. The van der Waals surface area contributed by atoms with E-state index in [1.54, 1.807) is 18.5 Å². The molecule has 0 aliphatic heterocycles. The minimum absolute atomic E-state index is 0.201. The van der Waals surface area contributed by atoms with Crippen LogP contribution in [0.1, 0.15) is 11.3 Å². The van der Waals surface area contributed by atoms with Crippen LogP contribution in [0.5, 0.6) is 0 Å². The van der Waals surface area contributed by atoms with E-state index in [4.69, 9.17) is 4.74 Å². The second kappa shape index (κ2) is 7.30. The summed E-state index contributed by atoms with van der Waals surface area (Å²) in [4.78, 5) is 4.00. The minimum atomic E-state index is -3.51.